The van der Waals surface area contributed by atoms with Crippen LogP contribution in [0.2, 0.25) is 5.02 Å². The van der Waals surface area contributed by atoms with Gasteiger partial charge in [-0.1, -0.05) is 23.7 Å². The first-order valence-corrected chi connectivity index (χ1v) is 7.07. The van der Waals surface area contributed by atoms with Gasteiger partial charge in [-0.15, -0.1) is 0 Å². The van der Waals surface area contributed by atoms with Gasteiger partial charge in [-0.25, -0.2) is 19.3 Å². The maximum absolute atomic E-state index is 12.1. The molecule has 0 bridgehead atoms. The van der Waals surface area contributed by atoms with Crippen molar-refractivity contribution in [2.75, 3.05) is 13.1 Å². The molecule has 0 spiro atoms. The molecule has 5 amide bonds. The summed E-state index contributed by atoms with van der Waals surface area (Å²) in [5.41, 5.74) is 0.310. The number of benzene rings is 1. The van der Waals surface area contributed by atoms with E-state index in [9.17, 15) is 24.3 Å². The van der Waals surface area contributed by atoms with Gasteiger partial charge in [0.25, 0.3) is 0 Å². The molecular weight excluding hydrogens is 326 g/mol. The van der Waals surface area contributed by atoms with E-state index in [1.54, 1.807) is 0 Å². The van der Waals surface area contributed by atoms with Crippen LogP contribution in [0, 0.1) is 0 Å². The highest BCUT2D eigenvalue weighted by Crippen LogP contribution is 2.18. The van der Waals surface area contributed by atoms with Crippen molar-refractivity contribution in [1.82, 2.24) is 15.1 Å². The predicted octanol–water partition coefficient (Wildman–Crippen LogP) is 1.46. The third kappa shape index (κ3) is 3.59. The van der Waals surface area contributed by atoms with Crippen molar-refractivity contribution < 1.29 is 24.3 Å². The van der Waals surface area contributed by atoms with Crippen LogP contribution in [0.4, 0.5) is 9.59 Å². The highest BCUT2D eigenvalue weighted by Gasteiger charge is 2.37. The number of carbonyl (C=O) groups is 4. The fourth-order valence-electron chi connectivity index (χ4n) is 2.16. The smallest absolute Gasteiger partial charge is 0.334 e. The average molecular weight is 340 g/mol. The molecule has 9 heteroatoms. The Morgan fingerprint density at radius 3 is 2.22 bits per heavy atom. The van der Waals surface area contributed by atoms with Crippen molar-refractivity contribution in [2.45, 2.75) is 13.0 Å². The van der Waals surface area contributed by atoms with Gasteiger partial charge < -0.3 is 10.4 Å². The number of hydrogen-bond donors (Lipinski definition) is 2. The van der Waals surface area contributed by atoms with Crippen molar-refractivity contribution in [1.29, 1.82) is 0 Å². The molecule has 1 aliphatic heterocycles. The van der Waals surface area contributed by atoms with Crippen LogP contribution in [-0.4, -0.2) is 51.9 Å². The van der Waals surface area contributed by atoms with Crippen LogP contribution in [0.1, 0.15) is 18.5 Å². The summed E-state index contributed by atoms with van der Waals surface area (Å²) in [5.74, 6) is -1.76. The minimum absolute atomic E-state index is 0.0111. The topological polar surface area (TPSA) is 107 Å². The first kappa shape index (κ1) is 16.8. The van der Waals surface area contributed by atoms with Gasteiger partial charge in [-0.3, -0.25) is 9.69 Å². The lowest BCUT2D eigenvalue weighted by atomic mass is 10.1. The standard InChI is InChI=1S/C14H14ClN3O5/c1-8(19)17-6-7-18(14(17)23)13(22)16-11(12(20)21)9-2-4-10(15)5-3-9/h2-5,11H,6-7H2,1H3,(H,16,22)(H,20,21). The molecule has 1 fully saturated rings. The van der Waals surface area contributed by atoms with Gasteiger partial charge in [0.2, 0.25) is 5.91 Å². The van der Waals surface area contributed by atoms with E-state index in [0.717, 1.165) is 9.80 Å². The van der Waals surface area contributed by atoms with Crippen molar-refractivity contribution >= 4 is 35.5 Å². The summed E-state index contributed by atoms with van der Waals surface area (Å²) >= 11 is 5.74. The highest BCUT2D eigenvalue weighted by molar-refractivity contribution is 6.30. The second-order valence-electron chi connectivity index (χ2n) is 4.88. The van der Waals surface area contributed by atoms with E-state index in [1.165, 1.54) is 31.2 Å². The number of imide groups is 2. The summed E-state index contributed by atoms with van der Waals surface area (Å²) in [6.07, 6.45) is 0. The van der Waals surface area contributed by atoms with Crippen LogP contribution >= 0.6 is 11.6 Å². The van der Waals surface area contributed by atoms with Gasteiger partial charge in [-0.05, 0) is 17.7 Å². The van der Waals surface area contributed by atoms with Gasteiger partial charge in [-0.2, -0.15) is 0 Å². The molecule has 0 aliphatic carbocycles. The van der Waals surface area contributed by atoms with Gasteiger partial charge in [0.15, 0.2) is 6.04 Å². The lowest BCUT2D eigenvalue weighted by Crippen LogP contribution is -2.46. The maximum atomic E-state index is 12.1. The van der Waals surface area contributed by atoms with E-state index in [0.29, 0.717) is 10.6 Å². The van der Waals surface area contributed by atoms with E-state index < -0.39 is 30.0 Å². The Bertz CT molecular complexity index is 661. The number of hydrogen-bond acceptors (Lipinski definition) is 4. The first-order valence-electron chi connectivity index (χ1n) is 6.69. The zero-order valence-electron chi connectivity index (χ0n) is 12.2. The monoisotopic (exact) mass is 339 g/mol. The molecule has 1 aliphatic rings. The Hall–Kier alpha value is -2.61. The van der Waals surface area contributed by atoms with Crippen molar-refractivity contribution in [3.8, 4) is 0 Å². The SMILES string of the molecule is CC(=O)N1CCN(C(=O)NC(C(=O)O)c2ccc(Cl)cc2)C1=O. The number of nitrogens with zero attached hydrogens (tertiary/aromatic N) is 2. The van der Waals surface area contributed by atoms with Crippen LogP contribution < -0.4 is 5.32 Å². The second kappa shape index (κ2) is 6.66. The molecule has 0 aromatic heterocycles. The summed E-state index contributed by atoms with van der Waals surface area (Å²) in [4.78, 5) is 48.4. The second-order valence-corrected chi connectivity index (χ2v) is 5.31. The summed E-state index contributed by atoms with van der Waals surface area (Å²) in [6.45, 7) is 1.31. The predicted molar refractivity (Wildman–Crippen MR) is 79.8 cm³/mol. The summed E-state index contributed by atoms with van der Waals surface area (Å²) in [6, 6.07) is 2.95. The quantitative estimate of drug-likeness (QED) is 0.867. The number of aliphatic carboxylic acids is 1. The van der Waals surface area contributed by atoms with E-state index in [2.05, 4.69) is 5.32 Å². The molecule has 0 radical (unpaired) electrons. The fraction of sp³-hybridized carbons (Fsp3) is 0.286. The largest absolute Gasteiger partial charge is 0.479 e. The van der Waals surface area contributed by atoms with E-state index in [1.807, 2.05) is 0 Å². The number of carboxylic acids is 1. The molecular formula is C14H14ClN3O5. The molecule has 2 N–H and O–H groups in total. The third-order valence-corrected chi connectivity index (χ3v) is 3.60. The molecule has 122 valence electrons. The Kier molecular flexibility index (Phi) is 4.85. The minimum Gasteiger partial charge on any atom is -0.479 e. The Balaban J connectivity index is 2.13. The molecule has 2 rings (SSSR count). The number of carbonyl (C=O) groups excluding carboxylic acids is 3. The molecule has 1 saturated heterocycles. The summed E-state index contributed by atoms with van der Waals surface area (Å²) in [5, 5.41) is 12.0. The molecule has 23 heavy (non-hydrogen) atoms. The maximum Gasteiger partial charge on any atom is 0.334 e. The lowest BCUT2D eigenvalue weighted by molar-refractivity contribution is -0.139. The fourth-order valence-corrected chi connectivity index (χ4v) is 2.29. The van der Waals surface area contributed by atoms with E-state index >= 15 is 0 Å². The normalized spacial score (nSPS) is 15.5. The molecule has 0 saturated carbocycles. The molecule has 1 aromatic rings. The number of nitrogens with one attached hydrogen (secondary N) is 1. The molecule has 1 heterocycles. The van der Waals surface area contributed by atoms with Crippen LogP contribution in [0.15, 0.2) is 24.3 Å². The van der Waals surface area contributed by atoms with Gasteiger partial charge in [0.05, 0.1) is 6.54 Å². The van der Waals surface area contributed by atoms with Crippen molar-refractivity contribution in [2.24, 2.45) is 0 Å². The van der Waals surface area contributed by atoms with Gasteiger partial charge in [0, 0.05) is 18.5 Å². The highest BCUT2D eigenvalue weighted by atomic mass is 35.5. The first-order chi connectivity index (χ1) is 10.8. The molecule has 8 nitrogen and oxygen atoms in total. The zero-order valence-corrected chi connectivity index (χ0v) is 12.9. The van der Waals surface area contributed by atoms with Crippen LogP contribution in [0.5, 0.6) is 0 Å². The third-order valence-electron chi connectivity index (χ3n) is 3.35. The average Bonchev–Trinajstić information content (AvgIpc) is 2.87. The summed E-state index contributed by atoms with van der Waals surface area (Å²) in [7, 11) is 0. The zero-order chi connectivity index (χ0) is 17.1. The number of urea groups is 2. The van der Waals surface area contributed by atoms with Gasteiger partial charge >= 0.3 is 18.0 Å². The molecule has 1 unspecified atom stereocenters. The van der Waals surface area contributed by atoms with E-state index in [4.69, 9.17) is 11.6 Å². The van der Waals surface area contributed by atoms with Crippen molar-refractivity contribution in [3.63, 3.8) is 0 Å². The lowest BCUT2D eigenvalue weighted by Gasteiger charge is -2.20. The van der Waals surface area contributed by atoms with Gasteiger partial charge in [0.1, 0.15) is 0 Å². The van der Waals surface area contributed by atoms with E-state index in [-0.39, 0.29) is 13.1 Å². The number of amides is 5. The molecule has 1 aromatic carbocycles. The molecule has 1 atom stereocenters. The Labute approximate surface area is 136 Å². The minimum atomic E-state index is -1.33. The van der Waals surface area contributed by atoms with Crippen LogP contribution in [-0.2, 0) is 9.59 Å². The summed E-state index contributed by atoms with van der Waals surface area (Å²) < 4.78 is 0. The number of carboxylic acid groups (broad SMARTS) is 1. The van der Waals surface area contributed by atoms with Crippen LogP contribution in [0.25, 0.3) is 0 Å². The Morgan fingerprint density at radius 1 is 1.17 bits per heavy atom. The Morgan fingerprint density at radius 2 is 1.74 bits per heavy atom. The number of halogens is 1. The number of rotatable bonds is 3. The van der Waals surface area contributed by atoms with Crippen molar-refractivity contribution in [3.05, 3.63) is 34.9 Å². The van der Waals surface area contributed by atoms with Crippen LogP contribution in [0.3, 0.4) is 0 Å².